The third-order valence-electron chi connectivity index (χ3n) is 3.65. The van der Waals surface area contributed by atoms with Crippen LogP contribution in [0.4, 0.5) is 5.69 Å². The Morgan fingerprint density at radius 1 is 1.48 bits per heavy atom. The molecule has 1 saturated heterocycles. The van der Waals surface area contributed by atoms with Gasteiger partial charge in [-0.2, -0.15) is 0 Å². The van der Waals surface area contributed by atoms with Gasteiger partial charge in [0.15, 0.2) is 0 Å². The number of hydrogen-bond acceptors (Lipinski definition) is 4. The minimum absolute atomic E-state index is 0.0339. The fraction of sp³-hybridized carbons (Fsp3) is 0.625. The Hall–Kier alpha value is -0.810. The first kappa shape index (κ1) is 16.6. The van der Waals surface area contributed by atoms with Crippen LogP contribution in [0.15, 0.2) is 18.2 Å². The van der Waals surface area contributed by atoms with E-state index in [0.29, 0.717) is 6.54 Å². The van der Waals surface area contributed by atoms with E-state index in [1.807, 2.05) is 19.9 Å². The van der Waals surface area contributed by atoms with Gasteiger partial charge in [-0.05, 0) is 38.1 Å². The molecule has 0 aromatic heterocycles. The molecule has 1 aliphatic heterocycles. The van der Waals surface area contributed by atoms with Gasteiger partial charge in [0.05, 0.1) is 18.3 Å². The van der Waals surface area contributed by atoms with Crippen LogP contribution in [-0.4, -0.2) is 43.1 Å². The molecule has 0 spiro atoms. The van der Waals surface area contributed by atoms with E-state index in [9.17, 15) is 5.11 Å². The normalized spacial score (nSPS) is 21.6. The van der Waals surface area contributed by atoms with Crippen LogP contribution in [0.5, 0.6) is 0 Å². The molecular weight excluding hydrogens is 288 g/mol. The van der Waals surface area contributed by atoms with E-state index in [2.05, 4.69) is 29.3 Å². The summed E-state index contributed by atoms with van der Waals surface area (Å²) in [6.45, 7) is 9.37. The van der Waals surface area contributed by atoms with Crippen LogP contribution in [0.1, 0.15) is 26.3 Å². The van der Waals surface area contributed by atoms with Crippen LogP contribution in [0.25, 0.3) is 0 Å². The number of anilines is 1. The van der Waals surface area contributed by atoms with Gasteiger partial charge in [-0.1, -0.05) is 24.6 Å². The van der Waals surface area contributed by atoms with Crippen molar-refractivity contribution >= 4 is 17.3 Å². The summed E-state index contributed by atoms with van der Waals surface area (Å²) >= 11 is 6.38. The first-order valence-electron chi connectivity index (χ1n) is 7.48. The zero-order valence-corrected chi connectivity index (χ0v) is 13.8. The van der Waals surface area contributed by atoms with E-state index in [1.54, 1.807) is 0 Å². The Morgan fingerprint density at radius 3 is 2.86 bits per heavy atom. The van der Waals surface area contributed by atoms with Gasteiger partial charge in [-0.3, -0.25) is 0 Å². The van der Waals surface area contributed by atoms with E-state index in [4.69, 9.17) is 16.3 Å². The van der Waals surface area contributed by atoms with Crippen LogP contribution in [0, 0.1) is 0 Å². The fourth-order valence-corrected chi connectivity index (χ4v) is 2.96. The second-order valence-corrected chi connectivity index (χ2v) is 6.53. The van der Waals surface area contributed by atoms with Gasteiger partial charge in [0, 0.05) is 30.3 Å². The monoisotopic (exact) mass is 312 g/mol. The topological polar surface area (TPSA) is 44.7 Å². The number of hydrogen-bond donors (Lipinski definition) is 2. The average molecular weight is 313 g/mol. The SMILES string of the molecule is CCNCc1ccc(N2CC(CO)OC(C)(C)C2)cc1Cl. The number of aliphatic hydroxyl groups excluding tert-OH is 1. The number of rotatable bonds is 5. The fourth-order valence-electron chi connectivity index (χ4n) is 2.72. The van der Waals surface area contributed by atoms with E-state index in [0.717, 1.165) is 35.9 Å². The first-order valence-corrected chi connectivity index (χ1v) is 7.85. The minimum Gasteiger partial charge on any atom is -0.394 e. The molecule has 0 amide bonds. The van der Waals surface area contributed by atoms with Crippen molar-refractivity contribution in [1.29, 1.82) is 0 Å². The standard InChI is InChI=1S/C16H25ClN2O2/c1-4-18-8-12-5-6-13(7-15(12)17)19-9-14(10-20)21-16(2,3)11-19/h5-7,14,18,20H,4,8-11H2,1-3H3. The average Bonchev–Trinajstić information content (AvgIpc) is 2.44. The molecule has 2 rings (SSSR count). The zero-order chi connectivity index (χ0) is 15.5. The zero-order valence-electron chi connectivity index (χ0n) is 13.0. The maximum absolute atomic E-state index is 9.40. The van der Waals surface area contributed by atoms with E-state index >= 15 is 0 Å². The summed E-state index contributed by atoms with van der Waals surface area (Å²) in [5.74, 6) is 0. The van der Waals surface area contributed by atoms with Crippen LogP contribution in [0.2, 0.25) is 5.02 Å². The van der Waals surface area contributed by atoms with Gasteiger partial charge in [-0.25, -0.2) is 0 Å². The lowest BCUT2D eigenvalue weighted by atomic mass is 10.0. The third kappa shape index (κ3) is 4.33. The summed E-state index contributed by atoms with van der Waals surface area (Å²) in [6.07, 6.45) is -0.158. The van der Waals surface area contributed by atoms with Gasteiger partial charge in [-0.15, -0.1) is 0 Å². The third-order valence-corrected chi connectivity index (χ3v) is 4.00. The van der Waals surface area contributed by atoms with Crippen molar-refractivity contribution in [3.63, 3.8) is 0 Å². The number of aliphatic hydroxyl groups is 1. The molecule has 1 atom stereocenters. The first-order chi connectivity index (χ1) is 9.95. The molecule has 1 aromatic rings. The number of halogens is 1. The molecule has 0 radical (unpaired) electrons. The predicted molar refractivity (Wildman–Crippen MR) is 87.1 cm³/mol. The molecule has 4 nitrogen and oxygen atoms in total. The predicted octanol–water partition coefficient (Wildman–Crippen LogP) is 2.43. The highest BCUT2D eigenvalue weighted by molar-refractivity contribution is 6.31. The second-order valence-electron chi connectivity index (χ2n) is 6.12. The van der Waals surface area contributed by atoms with Gasteiger partial charge in [0.1, 0.15) is 0 Å². The van der Waals surface area contributed by atoms with Gasteiger partial charge < -0.3 is 20.1 Å². The highest BCUT2D eigenvalue weighted by Gasteiger charge is 2.33. The van der Waals surface area contributed by atoms with Crippen molar-refractivity contribution in [2.24, 2.45) is 0 Å². The number of nitrogens with zero attached hydrogens (tertiary/aromatic N) is 1. The number of ether oxygens (including phenoxy) is 1. The van der Waals surface area contributed by atoms with Crippen LogP contribution in [0.3, 0.4) is 0 Å². The summed E-state index contributed by atoms with van der Waals surface area (Å²) in [5.41, 5.74) is 1.91. The summed E-state index contributed by atoms with van der Waals surface area (Å²) < 4.78 is 5.85. The highest BCUT2D eigenvalue weighted by Crippen LogP contribution is 2.29. The van der Waals surface area contributed by atoms with Crippen molar-refractivity contribution in [2.75, 3.05) is 31.1 Å². The van der Waals surface area contributed by atoms with Crippen molar-refractivity contribution in [3.05, 3.63) is 28.8 Å². The molecular formula is C16H25ClN2O2. The summed E-state index contributed by atoms with van der Waals surface area (Å²) in [5, 5.41) is 13.5. The minimum atomic E-state index is -0.277. The van der Waals surface area contributed by atoms with Crippen molar-refractivity contribution in [1.82, 2.24) is 5.32 Å². The lowest BCUT2D eigenvalue weighted by Gasteiger charge is -2.43. The lowest BCUT2D eigenvalue weighted by Crippen LogP contribution is -2.54. The number of nitrogens with one attached hydrogen (secondary N) is 1. The molecule has 2 N–H and O–H groups in total. The maximum Gasteiger partial charge on any atom is 0.0988 e. The van der Waals surface area contributed by atoms with Crippen molar-refractivity contribution in [2.45, 2.75) is 39.0 Å². The smallest absolute Gasteiger partial charge is 0.0988 e. The van der Waals surface area contributed by atoms with Gasteiger partial charge in [0.25, 0.3) is 0 Å². The molecule has 1 heterocycles. The molecule has 0 bridgehead atoms. The largest absolute Gasteiger partial charge is 0.394 e. The highest BCUT2D eigenvalue weighted by atomic mass is 35.5. The maximum atomic E-state index is 9.40. The van der Waals surface area contributed by atoms with Gasteiger partial charge >= 0.3 is 0 Å². The van der Waals surface area contributed by atoms with Crippen LogP contribution >= 0.6 is 11.6 Å². The molecule has 118 valence electrons. The Balaban J connectivity index is 2.15. The summed E-state index contributed by atoms with van der Waals surface area (Å²) in [6, 6.07) is 6.16. The Labute approximate surface area is 132 Å². The molecule has 0 aliphatic carbocycles. The van der Waals surface area contributed by atoms with Crippen molar-refractivity contribution in [3.8, 4) is 0 Å². The van der Waals surface area contributed by atoms with E-state index in [1.165, 1.54) is 0 Å². The Kier molecular flexibility index (Phi) is 5.49. The Bertz CT molecular complexity index is 479. The van der Waals surface area contributed by atoms with Crippen LogP contribution in [-0.2, 0) is 11.3 Å². The van der Waals surface area contributed by atoms with E-state index < -0.39 is 0 Å². The Morgan fingerprint density at radius 2 is 2.24 bits per heavy atom. The molecule has 1 aliphatic rings. The summed E-state index contributed by atoms with van der Waals surface area (Å²) in [7, 11) is 0. The molecule has 5 heteroatoms. The lowest BCUT2D eigenvalue weighted by molar-refractivity contribution is -0.101. The van der Waals surface area contributed by atoms with Crippen molar-refractivity contribution < 1.29 is 9.84 Å². The van der Waals surface area contributed by atoms with Gasteiger partial charge in [0.2, 0.25) is 0 Å². The second kappa shape index (κ2) is 6.97. The molecule has 21 heavy (non-hydrogen) atoms. The van der Waals surface area contributed by atoms with Crippen LogP contribution < -0.4 is 10.2 Å². The molecule has 0 saturated carbocycles. The van der Waals surface area contributed by atoms with E-state index in [-0.39, 0.29) is 18.3 Å². The number of morpholine rings is 1. The quantitative estimate of drug-likeness (QED) is 0.876. The number of benzene rings is 1. The molecule has 1 fully saturated rings. The molecule has 1 aromatic carbocycles. The summed E-state index contributed by atoms with van der Waals surface area (Å²) in [4.78, 5) is 2.23. The molecule has 1 unspecified atom stereocenters.